The number of nitrogen functional groups attached to an aromatic ring is 1. The van der Waals surface area contributed by atoms with Crippen molar-refractivity contribution < 1.29 is 9.53 Å². The zero-order valence-corrected chi connectivity index (χ0v) is 19.5. The van der Waals surface area contributed by atoms with E-state index in [1.54, 1.807) is 36.4 Å². The predicted octanol–water partition coefficient (Wildman–Crippen LogP) is 6.86. The third kappa shape index (κ3) is 3.95. The van der Waals surface area contributed by atoms with Crippen molar-refractivity contribution in [3.05, 3.63) is 94.5 Å². The molecular weight excluding hydrogens is 394 g/mol. The highest BCUT2D eigenvalue weighted by molar-refractivity contribution is 5.91. The molecule has 3 nitrogen and oxygen atoms in total. The molecule has 0 saturated heterocycles. The van der Waals surface area contributed by atoms with Crippen molar-refractivity contribution in [2.75, 3.05) is 5.73 Å². The Kier molecular flexibility index (Phi) is 5.46. The fourth-order valence-electron chi connectivity index (χ4n) is 4.75. The van der Waals surface area contributed by atoms with E-state index in [1.807, 2.05) is 12.1 Å². The maximum Gasteiger partial charge on any atom is 0.343 e. The summed E-state index contributed by atoms with van der Waals surface area (Å²) in [5.41, 5.74) is 12.2. The van der Waals surface area contributed by atoms with Gasteiger partial charge in [0.05, 0.1) is 5.56 Å². The first kappa shape index (κ1) is 21.9. The van der Waals surface area contributed by atoms with E-state index in [-0.39, 0.29) is 16.8 Å². The number of esters is 1. The molecule has 3 heteroatoms. The van der Waals surface area contributed by atoms with E-state index in [2.05, 4.69) is 65.0 Å². The van der Waals surface area contributed by atoms with Crippen LogP contribution in [0.5, 0.6) is 5.75 Å². The highest BCUT2D eigenvalue weighted by Gasteiger charge is 2.48. The Morgan fingerprint density at radius 3 is 2.03 bits per heavy atom. The smallest absolute Gasteiger partial charge is 0.343 e. The summed E-state index contributed by atoms with van der Waals surface area (Å²) in [6, 6.07) is 21.0. The van der Waals surface area contributed by atoms with Gasteiger partial charge in [-0.2, -0.15) is 0 Å². The maximum atomic E-state index is 12.4. The fourth-order valence-corrected chi connectivity index (χ4v) is 4.75. The normalized spacial score (nSPS) is 18.5. The van der Waals surface area contributed by atoms with Gasteiger partial charge in [0.25, 0.3) is 0 Å². The minimum absolute atomic E-state index is 0.148. The van der Waals surface area contributed by atoms with Crippen LogP contribution in [0.1, 0.15) is 67.2 Å². The zero-order valence-electron chi connectivity index (χ0n) is 19.5. The van der Waals surface area contributed by atoms with Crippen molar-refractivity contribution in [3.8, 4) is 5.75 Å². The summed E-state index contributed by atoms with van der Waals surface area (Å²) in [5, 5.41) is 0. The first-order valence-electron chi connectivity index (χ1n) is 11.1. The molecule has 0 aliphatic heterocycles. The van der Waals surface area contributed by atoms with Gasteiger partial charge in [-0.1, -0.05) is 77.1 Å². The van der Waals surface area contributed by atoms with Gasteiger partial charge in [0.15, 0.2) is 0 Å². The molecular formula is C29H31NO2. The number of hydrogen-bond donors (Lipinski definition) is 1. The van der Waals surface area contributed by atoms with E-state index in [0.29, 0.717) is 22.9 Å². The monoisotopic (exact) mass is 425 g/mol. The largest absolute Gasteiger partial charge is 0.423 e. The van der Waals surface area contributed by atoms with E-state index < -0.39 is 0 Å². The molecule has 0 bridgehead atoms. The van der Waals surface area contributed by atoms with Crippen molar-refractivity contribution in [2.24, 2.45) is 5.92 Å². The summed E-state index contributed by atoms with van der Waals surface area (Å²) < 4.78 is 5.40. The van der Waals surface area contributed by atoms with Gasteiger partial charge in [0.2, 0.25) is 0 Å². The minimum Gasteiger partial charge on any atom is -0.423 e. The Balaban J connectivity index is 1.48. The van der Waals surface area contributed by atoms with Crippen molar-refractivity contribution >= 4 is 23.8 Å². The van der Waals surface area contributed by atoms with Crippen LogP contribution in [-0.2, 0) is 10.8 Å². The van der Waals surface area contributed by atoms with E-state index in [0.717, 1.165) is 5.56 Å². The molecule has 1 aliphatic rings. The molecule has 0 spiro atoms. The van der Waals surface area contributed by atoms with Gasteiger partial charge < -0.3 is 10.5 Å². The van der Waals surface area contributed by atoms with Gasteiger partial charge in [-0.15, -0.1) is 0 Å². The van der Waals surface area contributed by atoms with Crippen LogP contribution in [0.15, 0.2) is 66.7 Å². The standard InChI is InChI=1S/C29H31NO2/c1-19-28(2,3)25-17-10-21(18-26(25)29(19,4)5)7-6-20-8-11-22(12-9-20)27(31)32-24-15-13-23(30)14-16-24/h6-19H,30H2,1-5H3. The number of benzene rings is 3. The van der Waals surface area contributed by atoms with Crippen LogP contribution in [0.2, 0.25) is 0 Å². The van der Waals surface area contributed by atoms with E-state index in [4.69, 9.17) is 10.5 Å². The lowest BCUT2D eigenvalue weighted by Gasteiger charge is -2.32. The van der Waals surface area contributed by atoms with Crippen LogP contribution < -0.4 is 10.5 Å². The van der Waals surface area contributed by atoms with Crippen molar-refractivity contribution in [1.29, 1.82) is 0 Å². The number of rotatable bonds is 4. The Bertz CT molecular complexity index is 1170. The lowest BCUT2D eigenvalue weighted by Crippen LogP contribution is -2.30. The molecule has 1 atom stereocenters. The van der Waals surface area contributed by atoms with Crippen LogP contribution in [0.25, 0.3) is 12.2 Å². The minimum atomic E-state index is -0.386. The Morgan fingerprint density at radius 2 is 1.38 bits per heavy atom. The first-order chi connectivity index (χ1) is 15.1. The van der Waals surface area contributed by atoms with Crippen molar-refractivity contribution in [3.63, 3.8) is 0 Å². The first-order valence-corrected chi connectivity index (χ1v) is 11.1. The summed E-state index contributed by atoms with van der Waals surface area (Å²) in [6.07, 6.45) is 4.21. The third-order valence-corrected chi connectivity index (χ3v) is 7.30. The Labute approximate surface area is 190 Å². The molecule has 1 unspecified atom stereocenters. The quantitative estimate of drug-likeness (QED) is 0.215. The SMILES string of the molecule is CC1C(C)(C)c2ccc(C=Cc3ccc(C(=O)Oc4ccc(N)cc4)cc3)cc2C1(C)C. The predicted molar refractivity (Wildman–Crippen MR) is 133 cm³/mol. The lowest BCUT2D eigenvalue weighted by molar-refractivity contribution is 0.0735. The van der Waals surface area contributed by atoms with Gasteiger partial charge in [0.1, 0.15) is 5.75 Å². The van der Waals surface area contributed by atoms with Crippen LogP contribution in [0, 0.1) is 5.92 Å². The van der Waals surface area contributed by atoms with Crippen molar-refractivity contribution in [1.82, 2.24) is 0 Å². The lowest BCUT2D eigenvalue weighted by atomic mass is 9.71. The number of carbonyl (C=O) groups excluding carboxylic acids is 1. The van der Waals surface area contributed by atoms with E-state index in [1.165, 1.54) is 16.7 Å². The zero-order chi connectivity index (χ0) is 23.1. The number of anilines is 1. The highest BCUT2D eigenvalue weighted by atomic mass is 16.5. The second-order valence-electron chi connectivity index (χ2n) is 9.88. The van der Waals surface area contributed by atoms with Crippen LogP contribution in [0.4, 0.5) is 5.69 Å². The van der Waals surface area contributed by atoms with Gasteiger partial charge >= 0.3 is 5.97 Å². The molecule has 1 aliphatic carbocycles. The molecule has 32 heavy (non-hydrogen) atoms. The third-order valence-electron chi connectivity index (χ3n) is 7.30. The molecule has 3 aromatic rings. The second-order valence-corrected chi connectivity index (χ2v) is 9.88. The number of ether oxygens (including phenoxy) is 1. The molecule has 2 N–H and O–H groups in total. The van der Waals surface area contributed by atoms with Gasteiger partial charge in [-0.25, -0.2) is 4.79 Å². The molecule has 3 aromatic carbocycles. The summed E-state index contributed by atoms with van der Waals surface area (Å²) in [6.45, 7) is 11.7. The average molecular weight is 426 g/mol. The summed E-state index contributed by atoms with van der Waals surface area (Å²) in [7, 11) is 0. The molecule has 4 rings (SSSR count). The number of nitrogens with two attached hydrogens (primary N) is 1. The van der Waals surface area contributed by atoms with E-state index in [9.17, 15) is 4.79 Å². The van der Waals surface area contributed by atoms with Gasteiger partial charge in [0, 0.05) is 5.69 Å². The molecule has 0 radical (unpaired) electrons. The Hall–Kier alpha value is -3.33. The van der Waals surface area contributed by atoms with Crippen LogP contribution >= 0.6 is 0 Å². The number of hydrogen-bond acceptors (Lipinski definition) is 3. The van der Waals surface area contributed by atoms with Gasteiger partial charge in [-0.05, 0) is 75.4 Å². The molecule has 0 saturated carbocycles. The molecule has 164 valence electrons. The second kappa shape index (κ2) is 7.98. The summed E-state index contributed by atoms with van der Waals surface area (Å²) in [4.78, 5) is 12.4. The Morgan fingerprint density at radius 1 is 0.812 bits per heavy atom. The average Bonchev–Trinajstić information content (AvgIpc) is 2.91. The molecule has 0 amide bonds. The molecule has 0 fully saturated rings. The van der Waals surface area contributed by atoms with Crippen molar-refractivity contribution in [2.45, 2.75) is 45.4 Å². The van der Waals surface area contributed by atoms with Crippen LogP contribution in [0.3, 0.4) is 0 Å². The highest BCUT2D eigenvalue weighted by Crippen LogP contribution is 2.53. The topological polar surface area (TPSA) is 52.3 Å². The molecule has 0 aromatic heterocycles. The number of carbonyl (C=O) groups is 1. The van der Waals surface area contributed by atoms with E-state index >= 15 is 0 Å². The summed E-state index contributed by atoms with van der Waals surface area (Å²) in [5.74, 6) is 0.665. The van der Waals surface area contributed by atoms with Gasteiger partial charge in [-0.3, -0.25) is 0 Å². The molecule has 0 heterocycles. The van der Waals surface area contributed by atoms with Crippen LogP contribution in [-0.4, -0.2) is 5.97 Å². The fraction of sp³-hybridized carbons (Fsp3) is 0.276. The number of fused-ring (bicyclic) bond motifs is 1. The summed E-state index contributed by atoms with van der Waals surface area (Å²) >= 11 is 0. The maximum absolute atomic E-state index is 12.4.